The monoisotopic (exact) mass is 261 g/mol. The minimum atomic E-state index is 0.0638. The highest BCUT2D eigenvalue weighted by molar-refractivity contribution is 6.02. The first-order valence-electron chi connectivity index (χ1n) is 6.99. The lowest BCUT2D eigenvalue weighted by molar-refractivity contribution is 0.101. The van der Waals surface area contributed by atoms with Crippen molar-refractivity contribution in [1.82, 2.24) is 0 Å². The van der Waals surface area contributed by atoms with Gasteiger partial charge in [-0.15, -0.1) is 0 Å². The number of ketones is 1. The molecule has 0 bridgehead atoms. The van der Waals surface area contributed by atoms with E-state index in [9.17, 15) is 4.79 Å². The molecular weight excluding hydrogens is 238 g/mol. The summed E-state index contributed by atoms with van der Waals surface area (Å²) in [4.78, 5) is 14.3. The zero-order valence-corrected chi connectivity index (χ0v) is 12.3. The number of benzene rings is 1. The zero-order chi connectivity index (χ0) is 14.0. The maximum Gasteiger partial charge on any atom is 0.165 e. The minimum absolute atomic E-state index is 0.0638. The number of anilines is 1. The van der Waals surface area contributed by atoms with Crippen LogP contribution in [0, 0.1) is 5.92 Å². The predicted octanol–water partition coefficient (Wildman–Crippen LogP) is 3.52. The Morgan fingerprint density at radius 2 is 2.11 bits per heavy atom. The van der Waals surface area contributed by atoms with Crippen LogP contribution in [0.4, 0.5) is 5.69 Å². The van der Waals surface area contributed by atoms with Crippen molar-refractivity contribution in [1.29, 1.82) is 0 Å². The first-order valence-corrected chi connectivity index (χ1v) is 6.99. The average Bonchev–Trinajstić information content (AvgIpc) is 3.18. The fourth-order valence-electron chi connectivity index (χ4n) is 2.45. The van der Waals surface area contributed by atoms with E-state index in [-0.39, 0.29) is 5.78 Å². The molecule has 2 rings (SSSR count). The van der Waals surface area contributed by atoms with Gasteiger partial charge in [0, 0.05) is 12.6 Å². The smallest absolute Gasteiger partial charge is 0.165 e. The predicted molar refractivity (Wildman–Crippen MR) is 78.2 cm³/mol. The molecular formula is C16H23NO2. The fraction of sp³-hybridized carbons (Fsp3) is 0.562. The number of carbonyl (C=O) groups is 1. The summed E-state index contributed by atoms with van der Waals surface area (Å²) >= 11 is 0. The maximum absolute atomic E-state index is 12.0. The van der Waals surface area contributed by atoms with E-state index in [1.807, 2.05) is 18.2 Å². The van der Waals surface area contributed by atoms with Crippen LogP contribution in [0.15, 0.2) is 18.2 Å². The zero-order valence-electron chi connectivity index (χ0n) is 12.3. The number of ether oxygens (including phenoxy) is 1. The summed E-state index contributed by atoms with van der Waals surface area (Å²) in [6.07, 6.45) is 2.62. The third kappa shape index (κ3) is 3.09. The molecule has 104 valence electrons. The van der Waals surface area contributed by atoms with Crippen molar-refractivity contribution >= 4 is 11.5 Å². The number of hydrogen-bond acceptors (Lipinski definition) is 3. The maximum atomic E-state index is 12.0. The summed E-state index contributed by atoms with van der Waals surface area (Å²) in [5, 5.41) is 0. The van der Waals surface area contributed by atoms with Crippen molar-refractivity contribution in [2.24, 2.45) is 5.92 Å². The molecule has 0 amide bonds. The highest BCUT2D eigenvalue weighted by Gasteiger charge is 2.28. The molecule has 0 N–H and O–H groups in total. The van der Waals surface area contributed by atoms with Gasteiger partial charge in [-0.05, 0) is 51.7 Å². The lowest BCUT2D eigenvalue weighted by atomic mass is 10.1. The van der Waals surface area contributed by atoms with E-state index >= 15 is 0 Å². The molecule has 1 aromatic carbocycles. The lowest BCUT2D eigenvalue weighted by Crippen LogP contribution is -2.34. The number of methoxy groups -OCH3 is 1. The molecule has 0 heterocycles. The summed E-state index contributed by atoms with van der Waals surface area (Å²) in [6, 6.07) is 6.23. The van der Waals surface area contributed by atoms with Crippen LogP contribution in [0.1, 0.15) is 44.0 Å². The molecule has 1 aromatic rings. The second-order valence-corrected chi connectivity index (χ2v) is 5.60. The van der Waals surface area contributed by atoms with Gasteiger partial charge in [0.25, 0.3) is 0 Å². The van der Waals surface area contributed by atoms with Gasteiger partial charge in [-0.3, -0.25) is 4.79 Å². The van der Waals surface area contributed by atoms with Gasteiger partial charge in [-0.25, -0.2) is 0 Å². The number of Topliss-reactive ketones (excluding diaryl/α,β-unsaturated/α-hetero) is 1. The molecule has 19 heavy (non-hydrogen) atoms. The van der Waals surface area contributed by atoms with Crippen molar-refractivity contribution in [3.8, 4) is 5.75 Å². The van der Waals surface area contributed by atoms with Crippen LogP contribution in [-0.4, -0.2) is 25.5 Å². The van der Waals surface area contributed by atoms with E-state index in [1.54, 1.807) is 14.0 Å². The molecule has 0 atom stereocenters. The molecule has 0 unspecified atom stereocenters. The number of carbonyl (C=O) groups excluding carboxylic acids is 1. The normalized spacial score (nSPS) is 14.6. The third-order valence-corrected chi connectivity index (χ3v) is 3.66. The highest BCUT2D eigenvalue weighted by Crippen LogP contribution is 2.36. The molecule has 0 saturated heterocycles. The molecule has 1 saturated carbocycles. The molecule has 0 spiro atoms. The van der Waals surface area contributed by atoms with Gasteiger partial charge in [0.2, 0.25) is 0 Å². The minimum Gasteiger partial charge on any atom is -0.496 e. The van der Waals surface area contributed by atoms with E-state index in [4.69, 9.17) is 4.74 Å². The van der Waals surface area contributed by atoms with Crippen molar-refractivity contribution in [2.75, 3.05) is 18.6 Å². The van der Waals surface area contributed by atoms with Gasteiger partial charge in [0.15, 0.2) is 5.78 Å². The van der Waals surface area contributed by atoms with Crippen molar-refractivity contribution in [3.05, 3.63) is 23.8 Å². The third-order valence-electron chi connectivity index (χ3n) is 3.66. The first-order chi connectivity index (χ1) is 9.04. The SMILES string of the molecule is COc1cccc(N(CC2CC2)C(C)C)c1C(C)=O. The van der Waals surface area contributed by atoms with Crippen LogP contribution in [0.5, 0.6) is 5.75 Å². The van der Waals surface area contributed by atoms with Gasteiger partial charge in [-0.1, -0.05) is 6.07 Å². The first kappa shape index (κ1) is 13.9. The Hall–Kier alpha value is -1.51. The van der Waals surface area contributed by atoms with E-state index in [2.05, 4.69) is 18.7 Å². The highest BCUT2D eigenvalue weighted by atomic mass is 16.5. The van der Waals surface area contributed by atoms with Crippen molar-refractivity contribution < 1.29 is 9.53 Å². The summed E-state index contributed by atoms with van der Waals surface area (Å²) in [7, 11) is 1.62. The van der Waals surface area contributed by atoms with E-state index in [0.717, 1.165) is 18.2 Å². The van der Waals surface area contributed by atoms with Crippen LogP contribution < -0.4 is 9.64 Å². The van der Waals surface area contributed by atoms with Crippen LogP contribution >= 0.6 is 0 Å². The Bertz CT molecular complexity index is 464. The molecule has 1 fully saturated rings. The molecule has 0 radical (unpaired) electrons. The van der Waals surface area contributed by atoms with Gasteiger partial charge >= 0.3 is 0 Å². The molecule has 3 nitrogen and oxygen atoms in total. The van der Waals surface area contributed by atoms with Crippen LogP contribution in [0.2, 0.25) is 0 Å². The molecule has 0 aromatic heterocycles. The van der Waals surface area contributed by atoms with Gasteiger partial charge < -0.3 is 9.64 Å². The Morgan fingerprint density at radius 3 is 2.58 bits per heavy atom. The van der Waals surface area contributed by atoms with Crippen molar-refractivity contribution in [2.45, 2.75) is 39.7 Å². The van der Waals surface area contributed by atoms with E-state index < -0.39 is 0 Å². The average molecular weight is 261 g/mol. The van der Waals surface area contributed by atoms with Gasteiger partial charge in [0.1, 0.15) is 5.75 Å². The fourth-order valence-corrected chi connectivity index (χ4v) is 2.45. The number of rotatable bonds is 6. The summed E-state index contributed by atoms with van der Waals surface area (Å²) in [5.41, 5.74) is 1.72. The summed E-state index contributed by atoms with van der Waals surface area (Å²) < 4.78 is 5.35. The molecule has 1 aliphatic carbocycles. The Balaban J connectivity index is 2.42. The molecule has 1 aliphatic rings. The largest absolute Gasteiger partial charge is 0.496 e. The standard InChI is InChI=1S/C16H23NO2/c1-11(2)17(10-13-8-9-13)14-6-5-7-15(19-4)16(14)12(3)18/h5-7,11,13H,8-10H2,1-4H3. The van der Waals surface area contributed by atoms with E-state index in [1.165, 1.54) is 12.8 Å². The topological polar surface area (TPSA) is 29.5 Å². The van der Waals surface area contributed by atoms with E-state index in [0.29, 0.717) is 17.4 Å². The van der Waals surface area contributed by atoms with Crippen molar-refractivity contribution in [3.63, 3.8) is 0 Å². The molecule has 0 aliphatic heterocycles. The van der Waals surface area contributed by atoms with Crippen LogP contribution in [0.25, 0.3) is 0 Å². The Labute approximate surface area is 115 Å². The summed E-state index contributed by atoms with van der Waals surface area (Å²) in [5.74, 6) is 1.52. The number of nitrogens with zero attached hydrogens (tertiary/aromatic N) is 1. The summed E-state index contributed by atoms with van der Waals surface area (Å²) in [6.45, 7) is 6.99. The second-order valence-electron chi connectivity index (χ2n) is 5.60. The number of hydrogen-bond donors (Lipinski definition) is 0. The quantitative estimate of drug-likeness (QED) is 0.734. The van der Waals surface area contributed by atoms with Crippen LogP contribution in [-0.2, 0) is 0 Å². The Kier molecular flexibility index (Phi) is 4.13. The molecule has 3 heteroatoms. The lowest BCUT2D eigenvalue weighted by Gasteiger charge is -2.31. The van der Waals surface area contributed by atoms with Gasteiger partial charge in [0.05, 0.1) is 18.4 Å². The van der Waals surface area contributed by atoms with Gasteiger partial charge in [-0.2, -0.15) is 0 Å². The van der Waals surface area contributed by atoms with Crippen LogP contribution in [0.3, 0.4) is 0 Å². The second kappa shape index (κ2) is 5.64. The Morgan fingerprint density at radius 1 is 1.42 bits per heavy atom.